The summed E-state index contributed by atoms with van der Waals surface area (Å²) in [6.45, 7) is 0. The van der Waals surface area contributed by atoms with E-state index in [1.54, 1.807) is 0 Å². The molecular formula is C44H28O. The van der Waals surface area contributed by atoms with Crippen molar-refractivity contribution < 1.29 is 9.90 Å². The highest BCUT2D eigenvalue weighted by Crippen LogP contribution is 2.49. The average Bonchev–Trinajstić information content (AvgIpc) is 3.55. The Morgan fingerprint density at radius 1 is 0.378 bits per heavy atom. The van der Waals surface area contributed by atoms with E-state index in [4.69, 9.17) is 8.53 Å². The van der Waals surface area contributed by atoms with Crippen LogP contribution in [0.15, 0.2) is 174 Å². The summed E-state index contributed by atoms with van der Waals surface area (Å²) in [4.78, 5) is 0. The van der Waals surface area contributed by atoms with Gasteiger partial charge in [0, 0.05) is 16.3 Å². The van der Waals surface area contributed by atoms with Crippen molar-refractivity contribution in [2.45, 2.75) is 0 Å². The lowest BCUT2D eigenvalue weighted by atomic mass is 9.83. The van der Waals surface area contributed by atoms with Crippen LogP contribution in [0.2, 0.25) is 0 Å². The molecule has 1 heteroatoms. The Morgan fingerprint density at radius 2 is 0.822 bits per heavy atom. The van der Waals surface area contributed by atoms with Crippen LogP contribution in [-0.2, 0) is 0 Å². The summed E-state index contributed by atoms with van der Waals surface area (Å²) < 4.78 is 42.4. The molecule has 0 aliphatic heterocycles. The molecule has 1 aromatic heterocycles. The maximum atomic E-state index is 9.31. The Balaban J connectivity index is 1.46. The first-order valence-electron chi connectivity index (χ1n) is 17.1. The summed E-state index contributed by atoms with van der Waals surface area (Å²) in [6.07, 6.45) is 0. The van der Waals surface area contributed by atoms with Crippen molar-refractivity contribution in [1.82, 2.24) is 0 Å². The SMILES string of the molecule is [2H]c1c([2H])c([2H])c(-c2c3ccccc3c(-c3ccc(-c4ccccc4)c4oc5ccccc5c34)c3ccccc23)c(-c2ccccc2)c1[2H]. The normalized spacial score (nSPS) is 12.8. The van der Waals surface area contributed by atoms with Crippen molar-refractivity contribution >= 4 is 43.5 Å². The van der Waals surface area contributed by atoms with E-state index in [9.17, 15) is 1.37 Å². The monoisotopic (exact) mass is 576 g/mol. The molecule has 1 nitrogen and oxygen atoms in total. The number of para-hydroxylation sites is 1. The van der Waals surface area contributed by atoms with E-state index in [0.29, 0.717) is 11.1 Å². The van der Waals surface area contributed by atoms with Gasteiger partial charge in [0.1, 0.15) is 11.2 Å². The van der Waals surface area contributed by atoms with Crippen molar-refractivity contribution in [2.24, 2.45) is 0 Å². The van der Waals surface area contributed by atoms with E-state index in [-0.39, 0.29) is 24.2 Å². The van der Waals surface area contributed by atoms with E-state index in [1.807, 2.05) is 91.0 Å². The molecule has 45 heavy (non-hydrogen) atoms. The molecule has 0 radical (unpaired) electrons. The average molecular weight is 577 g/mol. The molecule has 0 amide bonds. The van der Waals surface area contributed by atoms with Gasteiger partial charge in [0.2, 0.25) is 0 Å². The summed E-state index contributed by atoms with van der Waals surface area (Å²) in [5.41, 5.74) is 8.35. The number of rotatable bonds is 4. The molecule has 0 aliphatic carbocycles. The zero-order chi connectivity index (χ0) is 33.2. The van der Waals surface area contributed by atoms with Gasteiger partial charge in [-0.25, -0.2) is 0 Å². The third-order valence-corrected chi connectivity index (χ3v) is 8.81. The minimum absolute atomic E-state index is 0.0532. The first kappa shape index (κ1) is 21.7. The van der Waals surface area contributed by atoms with Gasteiger partial charge in [-0.1, -0.05) is 158 Å². The van der Waals surface area contributed by atoms with Crippen LogP contribution in [0.25, 0.3) is 88.0 Å². The zero-order valence-electron chi connectivity index (χ0n) is 28.3. The summed E-state index contributed by atoms with van der Waals surface area (Å²) in [5, 5.41) is 5.86. The molecule has 0 fully saturated rings. The maximum absolute atomic E-state index is 9.31. The highest BCUT2D eigenvalue weighted by molar-refractivity contribution is 6.27. The number of furan rings is 1. The molecule has 0 spiro atoms. The second kappa shape index (κ2) is 10.4. The lowest BCUT2D eigenvalue weighted by Gasteiger charge is -2.20. The Hall–Kier alpha value is -5.92. The first-order chi connectivity index (χ1) is 24.0. The summed E-state index contributed by atoms with van der Waals surface area (Å²) in [5.74, 6) is 0. The van der Waals surface area contributed by atoms with E-state index in [2.05, 4.69) is 54.6 Å². The predicted molar refractivity (Wildman–Crippen MR) is 190 cm³/mol. The van der Waals surface area contributed by atoms with Crippen LogP contribution in [-0.4, -0.2) is 0 Å². The van der Waals surface area contributed by atoms with Gasteiger partial charge in [0.05, 0.1) is 5.48 Å². The van der Waals surface area contributed by atoms with Crippen LogP contribution in [0.4, 0.5) is 0 Å². The molecule has 9 aromatic rings. The van der Waals surface area contributed by atoms with Crippen molar-refractivity contribution in [3.05, 3.63) is 170 Å². The Morgan fingerprint density at radius 3 is 1.42 bits per heavy atom. The van der Waals surface area contributed by atoms with Crippen LogP contribution in [0, 0.1) is 0 Å². The molecule has 0 saturated heterocycles. The molecule has 0 saturated carbocycles. The molecule has 0 atom stereocenters. The highest BCUT2D eigenvalue weighted by Gasteiger charge is 2.22. The summed E-state index contributed by atoms with van der Waals surface area (Å²) in [6, 6.07) is 48.2. The molecule has 0 unspecified atom stereocenters. The molecular weight excluding hydrogens is 544 g/mol. The van der Waals surface area contributed by atoms with Crippen LogP contribution in [0.3, 0.4) is 0 Å². The third kappa shape index (κ3) is 4.02. The maximum Gasteiger partial charge on any atom is 0.143 e. The number of fused-ring (bicyclic) bond motifs is 5. The van der Waals surface area contributed by atoms with Gasteiger partial charge >= 0.3 is 0 Å². The first-order valence-corrected chi connectivity index (χ1v) is 15.1. The molecule has 0 bridgehead atoms. The van der Waals surface area contributed by atoms with Gasteiger partial charge in [-0.3, -0.25) is 0 Å². The van der Waals surface area contributed by atoms with Gasteiger partial charge < -0.3 is 4.42 Å². The second-order valence-electron chi connectivity index (χ2n) is 11.3. The van der Waals surface area contributed by atoms with Gasteiger partial charge in [-0.2, -0.15) is 0 Å². The minimum atomic E-state index is -0.250. The summed E-state index contributed by atoms with van der Waals surface area (Å²) in [7, 11) is 0. The van der Waals surface area contributed by atoms with E-state index < -0.39 is 0 Å². The van der Waals surface area contributed by atoms with E-state index in [1.165, 1.54) is 0 Å². The largest absolute Gasteiger partial charge is 0.455 e. The van der Waals surface area contributed by atoms with Crippen LogP contribution in [0.1, 0.15) is 5.48 Å². The van der Waals surface area contributed by atoms with Crippen molar-refractivity contribution in [3.8, 4) is 44.5 Å². The minimum Gasteiger partial charge on any atom is -0.455 e. The van der Waals surface area contributed by atoms with Crippen molar-refractivity contribution in [2.75, 3.05) is 0 Å². The Kier molecular flexibility index (Phi) is 5.00. The molecule has 9 rings (SSSR count). The molecule has 0 N–H and O–H groups in total. The van der Waals surface area contributed by atoms with Gasteiger partial charge in [0.15, 0.2) is 0 Å². The van der Waals surface area contributed by atoms with Crippen LogP contribution >= 0.6 is 0 Å². The van der Waals surface area contributed by atoms with Crippen LogP contribution in [0.5, 0.6) is 0 Å². The van der Waals surface area contributed by atoms with Gasteiger partial charge in [-0.15, -0.1) is 0 Å². The second-order valence-corrected chi connectivity index (χ2v) is 11.3. The van der Waals surface area contributed by atoms with E-state index in [0.717, 1.165) is 76.9 Å². The highest BCUT2D eigenvalue weighted by atomic mass is 16.3. The van der Waals surface area contributed by atoms with Crippen molar-refractivity contribution in [3.63, 3.8) is 0 Å². The zero-order valence-corrected chi connectivity index (χ0v) is 24.3. The Bertz CT molecular complexity index is 2690. The third-order valence-electron chi connectivity index (χ3n) is 8.81. The quantitative estimate of drug-likeness (QED) is 0.190. The lowest BCUT2D eigenvalue weighted by molar-refractivity contribution is 0.670. The fourth-order valence-corrected chi connectivity index (χ4v) is 6.89. The van der Waals surface area contributed by atoms with Gasteiger partial charge in [0.25, 0.3) is 0 Å². The molecule has 8 aromatic carbocycles. The standard InChI is InChI=1S/C44H28O/c1-3-15-29(16-4-1)31-19-7-8-20-33(31)41-34-21-9-11-23-36(34)42(37-24-12-10-22-35(37)41)39-28-27-32(30-17-5-2-6-18-30)44-43(39)38-25-13-14-26-40(38)45-44/h1-28H/i7D,8D,19D,20D. The number of hydrogen-bond donors (Lipinski definition) is 0. The van der Waals surface area contributed by atoms with E-state index >= 15 is 0 Å². The lowest BCUT2D eigenvalue weighted by Crippen LogP contribution is -1.93. The molecule has 1 heterocycles. The van der Waals surface area contributed by atoms with Crippen LogP contribution < -0.4 is 0 Å². The number of benzene rings is 8. The predicted octanol–water partition coefficient (Wildman–Crippen LogP) is 12.6. The molecule has 210 valence electrons. The smallest absolute Gasteiger partial charge is 0.143 e. The van der Waals surface area contributed by atoms with Crippen molar-refractivity contribution in [1.29, 1.82) is 0 Å². The summed E-state index contributed by atoms with van der Waals surface area (Å²) >= 11 is 0. The Labute approximate surface area is 267 Å². The fourth-order valence-electron chi connectivity index (χ4n) is 6.89. The number of hydrogen-bond acceptors (Lipinski definition) is 1. The topological polar surface area (TPSA) is 13.1 Å². The van der Waals surface area contributed by atoms with Gasteiger partial charge in [-0.05, 0) is 72.6 Å². The molecule has 0 aliphatic rings. The fraction of sp³-hybridized carbons (Fsp3) is 0.